The van der Waals surface area contributed by atoms with Crippen molar-refractivity contribution in [3.05, 3.63) is 35.0 Å². The van der Waals surface area contributed by atoms with Crippen molar-refractivity contribution >= 4 is 22.6 Å². The Kier molecular flexibility index (Phi) is 2.58. The molecule has 1 fully saturated rings. The molecule has 2 N–H and O–H groups in total. The molecule has 1 heterocycles. The third-order valence-electron chi connectivity index (χ3n) is 5.34. The van der Waals surface area contributed by atoms with Crippen LogP contribution in [0.25, 0.3) is 11.0 Å². The smallest absolute Gasteiger partial charge is 0.152 e. The lowest BCUT2D eigenvalue weighted by Crippen LogP contribution is -2.15. The van der Waals surface area contributed by atoms with Gasteiger partial charge in [0.15, 0.2) is 5.58 Å². The molecule has 1 aromatic heterocycles. The highest BCUT2D eigenvalue weighted by molar-refractivity contribution is 6.34. The molecule has 1 aromatic carbocycles. The van der Waals surface area contributed by atoms with Gasteiger partial charge in [0.1, 0.15) is 5.76 Å². The molecule has 2 nitrogen and oxygen atoms in total. The van der Waals surface area contributed by atoms with Crippen LogP contribution in [0.3, 0.4) is 0 Å². The molecule has 19 heavy (non-hydrogen) atoms. The van der Waals surface area contributed by atoms with Crippen LogP contribution < -0.4 is 5.73 Å². The average Bonchev–Trinajstić information content (AvgIpc) is 2.67. The van der Waals surface area contributed by atoms with E-state index < -0.39 is 0 Å². The molecule has 0 amide bonds. The number of benzene rings is 1. The first-order valence-corrected chi connectivity index (χ1v) is 7.08. The molecule has 1 unspecified atom stereocenters. The molecule has 1 aliphatic carbocycles. The van der Waals surface area contributed by atoms with Gasteiger partial charge in [0, 0.05) is 5.39 Å². The summed E-state index contributed by atoms with van der Waals surface area (Å²) in [6, 6.07) is 7.72. The zero-order valence-electron chi connectivity index (χ0n) is 11.8. The Morgan fingerprint density at radius 2 is 1.84 bits per heavy atom. The van der Waals surface area contributed by atoms with E-state index in [0.29, 0.717) is 10.9 Å². The lowest BCUT2D eigenvalue weighted by atomic mass is 10.0. The summed E-state index contributed by atoms with van der Waals surface area (Å²) in [7, 11) is 0. The Balaban J connectivity index is 2.00. The van der Waals surface area contributed by atoms with Gasteiger partial charge in [0.25, 0.3) is 0 Å². The number of nitrogens with two attached hydrogens (primary N) is 1. The summed E-state index contributed by atoms with van der Waals surface area (Å²) in [6.45, 7) is 9.08. The van der Waals surface area contributed by atoms with Crippen molar-refractivity contribution in [1.29, 1.82) is 0 Å². The van der Waals surface area contributed by atoms with Gasteiger partial charge in [-0.25, -0.2) is 0 Å². The summed E-state index contributed by atoms with van der Waals surface area (Å²) in [4.78, 5) is 0. The maximum Gasteiger partial charge on any atom is 0.152 e. The number of halogens is 1. The van der Waals surface area contributed by atoms with Crippen molar-refractivity contribution in [2.45, 2.75) is 33.7 Å². The number of para-hydroxylation sites is 1. The average molecular weight is 278 g/mol. The zero-order chi connectivity index (χ0) is 14.0. The van der Waals surface area contributed by atoms with Crippen molar-refractivity contribution in [3.8, 4) is 0 Å². The van der Waals surface area contributed by atoms with Crippen LogP contribution in [0.2, 0.25) is 5.02 Å². The molecule has 0 aliphatic heterocycles. The van der Waals surface area contributed by atoms with Crippen LogP contribution >= 0.6 is 11.6 Å². The van der Waals surface area contributed by atoms with Gasteiger partial charge in [-0.05, 0) is 28.9 Å². The fourth-order valence-electron chi connectivity index (χ4n) is 3.52. The van der Waals surface area contributed by atoms with Crippen LogP contribution in [0.1, 0.15) is 39.5 Å². The van der Waals surface area contributed by atoms with Gasteiger partial charge in [-0.3, -0.25) is 0 Å². The largest absolute Gasteiger partial charge is 0.458 e. The van der Waals surface area contributed by atoms with Crippen LogP contribution in [0, 0.1) is 16.7 Å². The lowest BCUT2D eigenvalue weighted by Gasteiger charge is -2.10. The number of fused-ring (bicyclic) bond motifs is 1. The lowest BCUT2D eigenvalue weighted by molar-refractivity contribution is 0.416. The van der Waals surface area contributed by atoms with Gasteiger partial charge < -0.3 is 10.2 Å². The second-order valence-electron chi connectivity index (χ2n) is 6.75. The van der Waals surface area contributed by atoms with E-state index in [4.69, 9.17) is 21.8 Å². The van der Waals surface area contributed by atoms with E-state index in [2.05, 4.69) is 27.7 Å². The van der Waals surface area contributed by atoms with Crippen LogP contribution in [-0.4, -0.2) is 0 Å². The van der Waals surface area contributed by atoms with Crippen LogP contribution in [0.5, 0.6) is 0 Å². The standard InChI is InChI=1S/C16H20ClNO/c1-15(2)14(16(15,3)4)12(18)11-8-9-6-5-7-10(17)13(9)19-11/h5-8,12,14H,18H2,1-4H3. The van der Waals surface area contributed by atoms with Crippen LogP contribution in [0.4, 0.5) is 0 Å². The Morgan fingerprint density at radius 1 is 1.21 bits per heavy atom. The molecule has 1 saturated carbocycles. The third-order valence-corrected chi connectivity index (χ3v) is 5.63. The highest BCUT2D eigenvalue weighted by Gasteiger charge is 2.67. The molecular formula is C16H20ClNO. The molecule has 3 rings (SSSR count). The summed E-state index contributed by atoms with van der Waals surface area (Å²) in [6.07, 6.45) is 0. The van der Waals surface area contributed by atoms with Gasteiger partial charge >= 0.3 is 0 Å². The molecule has 3 heteroatoms. The first-order chi connectivity index (χ1) is 8.76. The van der Waals surface area contributed by atoms with E-state index in [9.17, 15) is 0 Å². The highest BCUT2D eigenvalue weighted by Crippen LogP contribution is 2.71. The number of hydrogen-bond donors (Lipinski definition) is 1. The first-order valence-electron chi connectivity index (χ1n) is 6.70. The SMILES string of the molecule is CC1(C)C(C(N)c2cc3cccc(Cl)c3o2)C1(C)C. The van der Waals surface area contributed by atoms with E-state index in [1.54, 1.807) is 0 Å². The second-order valence-corrected chi connectivity index (χ2v) is 7.16. The Morgan fingerprint density at radius 3 is 2.37 bits per heavy atom. The third kappa shape index (κ3) is 1.66. The van der Waals surface area contributed by atoms with Gasteiger partial charge in [-0.1, -0.05) is 51.4 Å². The minimum absolute atomic E-state index is 0.0755. The monoisotopic (exact) mass is 277 g/mol. The second kappa shape index (κ2) is 3.77. The van der Waals surface area contributed by atoms with Crippen LogP contribution in [0.15, 0.2) is 28.7 Å². The minimum Gasteiger partial charge on any atom is -0.458 e. The fraction of sp³-hybridized carbons (Fsp3) is 0.500. The molecule has 0 bridgehead atoms. The molecule has 1 aliphatic rings. The number of rotatable bonds is 2. The van der Waals surface area contributed by atoms with Gasteiger partial charge in [0.05, 0.1) is 11.1 Å². The minimum atomic E-state index is -0.0755. The molecule has 0 radical (unpaired) electrons. The van der Waals surface area contributed by atoms with Crippen molar-refractivity contribution in [2.24, 2.45) is 22.5 Å². The predicted octanol–water partition coefficient (Wildman–Crippen LogP) is 4.77. The number of furan rings is 1. The zero-order valence-corrected chi connectivity index (χ0v) is 12.6. The van der Waals surface area contributed by atoms with Crippen molar-refractivity contribution < 1.29 is 4.42 Å². The van der Waals surface area contributed by atoms with E-state index >= 15 is 0 Å². The summed E-state index contributed by atoms with van der Waals surface area (Å²) in [5.74, 6) is 1.27. The maximum absolute atomic E-state index is 6.43. The van der Waals surface area contributed by atoms with Gasteiger partial charge in [-0.2, -0.15) is 0 Å². The van der Waals surface area contributed by atoms with E-state index in [0.717, 1.165) is 16.7 Å². The quantitative estimate of drug-likeness (QED) is 0.859. The topological polar surface area (TPSA) is 39.2 Å². The molecule has 0 saturated heterocycles. The summed E-state index contributed by atoms with van der Waals surface area (Å²) < 4.78 is 5.89. The first kappa shape index (κ1) is 13.0. The van der Waals surface area contributed by atoms with Crippen molar-refractivity contribution in [3.63, 3.8) is 0 Å². The van der Waals surface area contributed by atoms with E-state index in [1.807, 2.05) is 24.3 Å². The summed E-state index contributed by atoms with van der Waals surface area (Å²) in [5, 5.41) is 1.67. The predicted molar refractivity (Wildman–Crippen MR) is 79.2 cm³/mol. The van der Waals surface area contributed by atoms with Crippen molar-refractivity contribution in [1.82, 2.24) is 0 Å². The Labute approximate surface area is 118 Å². The number of hydrogen-bond acceptors (Lipinski definition) is 2. The van der Waals surface area contributed by atoms with E-state index in [1.165, 1.54) is 0 Å². The maximum atomic E-state index is 6.43. The molecule has 102 valence electrons. The Hall–Kier alpha value is -0.990. The summed E-state index contributed by atoms with van der Waals surface area (Å²) in [5.41, 5.74) is 7.66. The van der Waals surface area contributed by atoms with Gasteiger partial charge in [-0.15, -0.1) is 0 Å². The van der Waals surface area contributed by atoms with Crippen molar-refractivity contribution in [2.75, 3.05) is 0 Å². The normalized spacial score (nSPS) is 22.6. The summed E-state index contributed by atoms with van der Waals surface area (Å²) >= 11 is 6.15. The highest BCUT2D eigenvalue weighted by atomic mass is 35.5. The van der Waals surface area contributed by atoms with Crippen LogP contribution in [-0.2, 0) is 0 Å². The molecular weight excluding hydrogens is 258 g/mol. The van der Waals surface area contributed by atoms with Gasteiger partial charge in [0.2, 0.25) is 0 Å². The fourth-order valence-corrected chi connectivity index (χ4v) is 3.74. The molecule has 0 spiro atoms. The molecule has 2 aromatic rings. The Bertz CT molecular complexity index is 627. The van der Waals surface area contributed by atoms with E-state index in [-0.39, 0.29) is 16.9 Å². The molecule has 1 atom stereocenters.